The van der Waals surface area contributed by atoms with Gasteiger partial charge in [-0.05, 0) is 18.1 Å². The van der Waals surface area contributed by atoms with Crippen LogP contribution in [0.25, 0.3) is 16.4 Å². The first-order valence-electron chi connectivity index (χ1n) is 9.96. The maximum absolute atomic E-state index is 13.0. The number of hydrogen-bond donors (Lipinski definition) is 3. The number of rotatable bonds is 12. The van der Waals surface area contributed by atoms with Crippen molar-refractivity contribution in [1.29, 1.82) is 0 Å². The van der Waals surface area contributed by atoms with Gasteiger partial charge in [0.2, 0.25) is 17.6 Å². The van der Waals surface area contributed by atoms with Crippen molar-refractivity contribution >= 4 is 40.7 Å². The molecule has 0 saturated carbocycles. The summed E-state index contributed by atoms with van der Waals surface area (Å²) in [4.78, 5) is 54.5. The second kappa shape index (κ2) is 12.0. The van der Waals surface area contributed by atoms with Crippen molar-refractivity contribution < 1.29 is 28.7 Å². The van der Waals surface area contributed by atoms with Crippen molar-refractivity contribution in [2.24, 2.45) is 0 Å². The van der Waals surface area contributed by atoms with Gasteiger partial charge in [-0.1, -0.05) is 30.9 Å². The normalized spacial score (nSPS) is 12.2. The molecule has 0 radical (unpaired) electrons. The van der Waals surface area contributed by atoms with Crippen LogP contribution in [-0.4, -0.2) is 58.2 Å². The Morgan fingerprint density at radius 1 is 1.22 bits per heavy atom. The van der Waals surface area contributed by atoms with Crippen LogP contribution in [0.4, 0.5) is 0 Å². The molecule has 10 heteroatoms. The molecule has 168 valence electrons. The highest BCUT2D eigenvalue weighted by molar-refractivity contribution is 6.25. The van der Waals surface area contributed by atoms with Crippen LogP contribution in [0.3, 0.4) is 0 Å². The average molecular weight is 439 g/mol. The van der Waals surface area contributed by atoms with Gasteiger partial charge in [-0.3, -0.25) is 14.4 Å². The number of esters is 1. The van der Waals surface area contributed by atoms with Gasteiger partial charge in [0.15, 0.2) is 0 Å². The predicted octanol–water partition coefficient (Wildman–Crippen LogP) is 1.08. The summed E-state index contributed by atoms with van der Waals surface area (Å²) in [6.07, 6.45) is 3.79. The molecule has 32 heavy (non-hydrogen) atoms. The number of amides is 2. The number of carbonyl (C=O) groups is 4. The molecule has 0 bridgehead atoms. The minimum atomic E-state index is -1.14. The van der Waals surface area contributed by atoms with Gasteiger partial charge in [-0.2, -0.15) is 4.79 Å². The number of Topliss-reactive ketones (excluding diaryl/α,β-unsaturated/α-hetero) is 1. The molecule has 0 aliphatic rings. The zero-order valence-corrected chi connectivity index (χ0v) is 17.7. The van der Waals surface area contributed by atoms with E-state index in [0.29, 0.717) is 6.21 Å². The van der Waals surface area contributed by atoms with Crippen LogP contribution in [0.1, 0.15) is 25.3 Å². The van der Waals surface area contributed by atoms with E-state index >= 15 is 0 Å². The molecule has 1 aromatic carbocycles. The molecule has 10 nitrogen and oxygen atoms in total. The van der Waals surface area contributed by atoms with E-state index in [-0.39, 0.29) is 25.9 Å². The maximum atomic E-state index is 13.0. The Morgan fingerprint density at radius 2 is 1.97 bits per heavy atom. The largest absolute Gasteiger partial charge is 0.460 e. The third-order valence-corrected chi connectivity index (χ3v) is 4.62. The van der Waals surface area contributed by atoms with Crippen molar-refractivity contribution in [2.45, 2.75) is 38.3 Å². The number of H-pyrrole nitrogens is 1. The van der Waals surface area contributed by atoms with Gasteiger partial charge in [-0.15, -0.1) is 0 Å². The van der Waals surface area contributed by atoms with Crippen molar-refractivity contribution in [2.75, 3.05) is 6.61 Å². The van der Waals surface area contributed by atoms with Crippen molar-refractivity contribution in [3.8, 4) is 0 Å². The quantitative estimate of drug-likeness (QED) is 0.148. The Labute approximate surface area is 184 Å². The number of fused-ring (bicyclic) bond motifs is 1. The van der Waals surface area contributed by atoms with Crippen LogP contribution < -0.4 is 10.6 Å². The van der Waals surface area contributed by atoms with E-state index < -0.39 is 35.7 Å². The summed E-state index contributed by atoms with van der Waals surface area (Å²) in [5.41, 5.74) is 10.2. The fourth-order valence-corrected chi connectivity index (χ4v) is 3.15. The second-order valence-corrected chi connectivity index (χ2v) is 7.05. The van der Waals surface area contributed by atoms with Gasteiger partial charge in [0.05, 0.1) is 0 Å². The highest BCUT2D eigenvalue weighted by Gasteiger charge is 2.28. The minimum absolute atomic E-state index is 0.0677. The zero-order chi connectivity index (χ0) is 23.5. The van der Waals surface area contributed by atoms with Crippen LogP contribution in [0.15, 0.2) is 43.1 Å². The van der Waals surface area contributed by atoms with Gasteiger partial charge in [0.1, 0.15) is 18.7 Å². The fraction of sp³-hybridized carbons (Fsp3) is 0.318. The Kier molecular flexibility index (Phi) is 9.06. The molecule has 0 unspecified atom stereocenters. The first-order chi connectivity index (χ1) is 15.3. The molecule has 2 aromatic rings. The molecule has 2 rings (SSSR count). The van der Waals surface area contributed by atoms with Gasteiger partial charge >= 0.3 is 12.2 Å². The molecular weight excluding hydrogens is 414 g/mol. The molecule has 1 heterocycles. The van der Waals surface area contributed by atoms with Crippen LogP contribution in [0.2, 0.25) is 0 Å². The van der Waals surface area contributed by atoms with Crippen molar-refractivity contribution in [3.63, 3.8) is 0 Å². The van der Waals surface area contributed by atoms with E-state index in [0.717, 1.165) is 16.5 Å². The third kappa shape index (κ3) is 7.03. The molecule has 0 spiro atoms. The third-order valence-electron chi connectivity index (χ3n) is 4.62. The molecular formula is C22H25N5O5. The summed E-state index contributed by atoms with van der Waals surface area (Å²) in [6, 6.07) is 5.43. The van der Waals surface area contributed by atoms with E-state index in [2.05, 4.69) is 27.0 Å². The molecule has 0 fully saturated rings. The molecule has 0 aliphatic heterocycles. The van der Waals surface area contributed by atoms with E-state index in [4.69, 9.17) is 10.3 Å². The van der Waals surface area contributed by atoms with Gasteiger partial charge < -0.3 is 25.9 Å². The SMILES string of the molecule is C=CCOC(=O)[C@H](CCC(=O)C=[N+]=[N-])NC(=O)[C@H](Cc1c[nH]c2ccccc12)NC(C)=O. The number of aromatic amines is 1. The summed E-state index contributed by atoms with van der Waals surface area (Å²) < 4.78 is 5.01. The summed E-state index contributed by atoms with van der Waals surface area (Å²) in [5, 5.41) is 6.07. The molecule has 2 amide bonds. The standard InChI is InChI=1S/C22H25N5O5/c1-3-10-32-22(31)19(9-8-16(29)13-25-23)27-21(30)20(26-14(2)28)11-15-12-24-18-7-5-4-6-17(15)18/h3-7,12-13,19-20,24H,1,8-11H2,2H3,(H,26,28)(H,27,30)/t19-,20-/m0/s1. The number of para-hydroxylation sites is 1. The Hall–Kier alpha value is -4.04. The minimum Gasteiger partial charge on any atom is -0.460 e. The number of benzene rings is 1. The van der Waals surface area contributed by atoms with Crippen LogP contribution >= 0.6 is 0 Å². The van der Waals surface area contributed by atoms with E-state index in [9.17, 15) is 19.2 Å². The number of nitrogens with one attached hydrogen (secondary N) is 3. The fourth-order valence-electron chi connectivity index (χ4n) is 3.15. The zero-order valence-electron chi connectivity index (χ0n) is 17.7. The monoisotopic (exact) mass is 439 g/mol. The van der Waals surface area contributed by atoms with Crippen LogP contribution in [-0.2, 0) is 30.3 Å². The molecule has 2 atom stereocenters. The molecule has 0 aliphatic carbocycles. The lowest BCUT2D eigenvalue weighted by molar-refractivity contribution is -0.147. The maximum Gasteiger partial charge on any atom is 0.328 e. The lowest BCUT2D eigenvalue weighted by Crippen LogP contribution is -2.52. The highest BCUT2D eigenvalue weighted by atomic mass is 16.5. The van der Waals surface area contributed by atoms with Crippen molar-refractivity contribution in [3.05, 3.63) is 54.2 Å². The summed E-state index contributed by atoms with van der Waals surface area (Å²) in [6.45, 7) is 4.69. The summed E-state index contributed by atoms with van der Waals surface area (Å²) in [5.74, 6) is -2.29. The summed E-state index contributed by atoms with van der Waals surface area (Å²) >= 11 is 0. The molecule has 3 N–H and O–H groups in total. The van der Waals surface area contributed by atoms with Crippen LogP contribution in [0.5, 0.6) is 0 Å². The van der Waals surface area contributed by atoms with Crippen molar-refractivity contribution in [1.82, 2.24) is 15.6 Å². The number of ketones is 1. The van der Waals surface area contributed by atoms with Gasteiger partial charge in [0.25, 0.3) is 0 Å². The van der Waals surface area contributed by atoms with Crippen LogP contribution in [0, 0.1) is 0 Å². The first kappa shape index (κ1) is 24.2. The Balaban J connectivity index is 2.19. The predicted molar refractivity (Wildman–Crippen MR) is 117 cm³/mol. The topological polar surface area (TPSA) is 154 Å². The molecule has 1 aromatic heterocycles. The smallest absolute Gasteiger partial charge is 0.328 e. The van der Waals surface area contributed by atoms with E-state index in [1.807, 2.05) is 24.3 Å². The second-order valence-electron chi connectivity index (χ2n) is 7.05. The lowest BCUT2D eigenvalue weighted by Gasteiger charge is -2.22. The first-order valence-corrected chi connectivity index (χ1v) is 9.96. The average Bonchev–Trinajstić information content (AvgIpc) is 3.17. The number of nitrogens with zero attached hydrogens (tertiary/aromatic N) is 2. The van der Waals surface area contributed by atoms with Gasteiger partial charge in [-0.25, -0.2) is 4.79 Å². The van der Waals surface area contributed by atoms with E-state index in [1.165, 1.54) is 13.0 Å². The number of aromatic nitrogens is 1. The number of hydrogen-bond acceptors (Lipinski definition) is 5. The van der Waals surface area contributed by atoms with E-state index in [1.54, 1.807) is 6.20 Å². The van der Waals surface area contributed by atoms with Gasteiger partial charge in [0, 0.05) is 36.9 Å². The number of carbonyl (C=O) groups excluding carboxylic acids is 4. The number of ether oxygens (including phenoxy) is 1. The molecule has 0 saturated heterocycles. The highest BCUT2D eigenvalue weighted by Crippen LogP contribution is 2.19. The lowest BCUT2D eigenvalue weighted by atomic mass is 10.0. The Morgan fingerprint density at radius 3 is 2.66 bits per heavy atom. The Bertz CT molecular complexity index is 1050. The summed E-state index contributed by atoms with van der Waals surface area (Å²) in [7, 11) is 0.